The summed E-state index contributed by atoms with van der Waals surface area (Å²) in [6, 6.07) is 7.60. The molecule has 11 heteroatoms. The predicted octanol–water partition coefficient (Wildman–Crippen LogP) is 3.33. The standard InChI is InChI=1S/C25H27N7O3S/c1-15-21(10-18(12-26-15)27-23(34)11-19-4-3-6-31(19)2)28-25(35)24-30-29-22-9-16(5-7-32(22)24)17-8-20(13-33)36-14-17/h5,7-10,12,14,19,33H,3-4,6,11,13H2,1-2H3,(H,27,34)(H,28,35)/t19-/m0/s1. The molecular formula is C25H27N7O3S. The fourth-order valence-electron chi connectivity index (χ4n) is 4.41. The lowest BCUT2D eigenvalue weighted by molar-refractivity contribution is -0.117. The Morgan fingerprint density at radius 2 is 2.06 bits per heavy atom. The second-order valence-corrected chi connectivity index (χ2v) is 9.96. The highest BCUT2D eigenvalue weighted by molar-refractivity contribution is 7.10. The molecule has 5 rings (SSSR count). The van der Waals surface area contributed by atoms with E-state index in [4.69, 9.17) is 0 Å². The number of anilines is 2. The third kappa shape index (κ3) is 4.99. The zero-order valence-electron chi connectivity index (χ0n) is 20.1. The number of pyridine rings is 2. The van der Waals surface area contributed by atoms with Crippen molar-refractivity contribution >= 4 is 40.2 Å². The number of aliphatic hydroxyl groups excluding tert-OH is 1. The number of amides is 2. The number of aliphatic hydroxyl groups is 1. The Morgan fingerprint density at radius 3 is 2.81 bits per heavy atom. The number of nitrogens with zero attached hydrogens (tertiary/aromatic N) is 5. The third-order valence-corrected chi connectivity index (χ3v) is 7.39. The molecule has 1 aliphatic rings. The van der Waals surface area contributed by atoms with Gasteiger partial charge in [-0.1, -0.05) is 0 Å². The first kappa shape index (κ1) is 24.0. The van der Waals surface area contributed by atoms with Gasteiger partial charge in [-0.05, 0) is 74.1 Å². The monoisotopic (exact) mass is 505 g/mol. The molecule has 186 valence electrons. The molecule has 1 atom stereocenters. The van der Waals surface area contributed by atoms with E-state index in [-0.39, 0.29) is 24.4 Å². The van der Waals surface area contributed by atoms with Gasteiger partial charge in [-0.2, -0.15) is 0 Å². The quantitative estimate of drug-likeness (QED) is 0.352. The fraction of sp³-hybridized carbons (Fsp3) is 0.320. The third-order valence-electron chi connectivity index (χ3n) is 6.47. The van der Waals surface area contributed by atoms with Gasteiger partial charge in [-0.3, -0.25) is 19.0 Å². The number of carbonyl (C=O) groups is 2. The van der Waals surface area contributed by atoms with Gasteiger partial charge in [0.05, 0.1) is 29.9 Å². The first-order valence-corrected chi connectivity index (χ1v) is 12.6. The number of nitrogens with one attached hydrogen (secondary N) is 2. The number of hydrogen-bond donors (Lipinski definition) is 3. The van der Waals surface area contributed by atoms with Crippen molar-refractivity contribution in [2.45, 2.75) is 38.8 Å². The van der Waals surface area contributed by atoms with E-state index >= 15 is 0 Å². The maximum absolute atomic E-state index is 13.1. The molecule has 0 bridgehead atoms. The van der Waals surface area contributed by atoms with Gasteiger partial charge in [-0.25, -0.2) is 0 Å². The number of aromatic nitrogens is 4. The minimum Gasteiger partial charge on any atom is -0.391 e. The molecule has 0 radical (unpaired) electrons. The summed E-state index contributed by atoms with van der Waals surface area (Å²) >= 11 is 1.48. The minimum atomic E-state index is -0.436. The van der Waals surface area contributed by atoms with Crippen molar-refractivity contribution < 1.29 is 14.7 Å². The number of aryl methyl sites for hydroxylation is 1. The van der Waals surface area contributed by atoms with Crippen LogP contribution in [0.3, 0.4) is 0 Å². The first-order valence-electron chi connectivity index (χ1n) is 11.7. The zero-order valence-corrected chi connectivity index (χ0v) is 20.9. The normalized spacial score (nSPS) is 15.9. The molecule has 36 heavy (non-hydrogen) atoms. The molecule has 1 fully saturated rings. The summed E-state index contributed by atoms with van der Waals surface area (Å²) in [5.41, 5.74) is 4.05. The van der Waals surface area contributed by atoms with Crippen LogP contribution in [0.5, 0.6) is 0 Å². The molecule has 5 heterocycles. The van der Waals surface area contributed by atoms with Crippen LogP contribution < -0.4 is 10.6 Å². The molecule has 1 aliphatic heterocycles. The molecule has 0 aliphatic carbocycles. The Morgan fingerprint density at radius 1 is 1.19 bits per heavy atom. The van der Waals surface area contributed by atoms with Crippen LogP contribution in [-0.4, -0.2) is 61.0 Å². The topological polar surface area (TPSA) is 125 Å². The lowest BCUT2D eigenvalue weighted by Gasteiger charge is -2.18. The molecular weight excluding hydrogens is 478 g/mol. The maximum atomic E-state index is 13.1. The van der Waals surface area contributed by atoms with Crippen molar-refractivity contribution in [2.24, 2.45) is 0 Å². The molecule has 4 aromatic heterocycles. The van der Waals surface area contributed by atoms with Gasteiger partial charge >= 0.3 is 0 Å². The molecule has 0 aromatic carbocycles. The van der Waals surface area contributed by atoms with Crippen LogP contribution in [0.25, 0.3) is 16.8 Å². The van der Waals surface area contributed by atoms with Gasteiger partial charge in [0.1, 0.15) is 0 Å². The number of thiophene rings is 1. The van der Waals surface area contributed by atoms with Crippen LogP contribution in [0.2, 0.25) is 0 Å². The minimum absolute atomic E-state index is 0.000814. The number of fused-ring (bicyclic) bond motifs is 1. The number of hydrogen-bond acceptors (Lipinski definition) is 8. The van der Waals surface area contributed by atoms with Gasteiger partial charge < -0.3 is 20.6 Å². The molecule has 10 nitrogen and oxygen atoms in total. The van der Waals surface area contributed by atoms with Crippen LogP contribution in [0.4, 0.5) is 11.4 Å². The Kier molecular flexibility index (Phi) is 6.77. The van der Waals surface area contributed by atoms with Crippen molar-refractivity contribution in [3.63, 3.8) is 0 Å². The average molecular weight is 506 g/mol. The second-order valence-electron chi connectivity index (χ2n) is 8.97. The fourth-order valence-corrected chi connectivity index (χ4v) is 5.16. The van der Waals surface area contributed by atoms with Gasteiger partial charge in [-0.15, -0.1) is 21.5 Å². The van der Waals surface area contributed by atoms with Crippen molar-refractivity contribution in [1.82, 2.24) is 24.5 Å². The van der Waals surface area contributed by atoms with Crippen molar-refractivity contribution in [3.05, 3.63) is 58.4 Å². The number of rotatable bonds is 7. The molecule has 0 saturated carbocycles. The molecule has 0 unspecified atom stereocenters. The Balaban J connectivity index is 1.30. The van der Waals surface area contributed by atoms with Crippen molar-refractivity contribution in [3.8, 4) is 11.1 Å². The Hall–Kier alpha value is -3.67. The van der Waals surface area contributed by atoms with Gasteiger partial charge in [0.25, 0.3) is 5.91 Å². The SMILES string of the molecule is Cc1ncc(NC(=O)C[C@@H]2CCCN2C)cc1NC(=O)c1nnc2cc(-c3csc(CO)c3)ccn12. The van der Waals surface area contributed by atoms with E-state index in [9.17, 15) is 14.7 Å². The zero-order chi connectivity index (χ0) is 25.2. The van der Waals surface area contributed by atoms with E-state index in [2.05, 4.69) is 30.7 Å². The summed E-state index contributed by atoms with van der Waals surface area (Å²) in [6.45, 7) is 2.79. The lowest BCUT2D eigenvalue weighted by atomic mass is 10.1. The van der Waals surface area contributed by atoms with Crippen LogP contribution in [0, 0.1) is 6.92 Å². The number of likely N-dealkylation sites (tertiary alicyclic amines) is 1. The van der Waals surface area contributed by atoms with Gasteiger partial charge in [0.2, 0.25) is 11.7 Å². The summed E-state index contributed by atoms with van der Waals surface area (Å²) in [6.07, 6.45) is 5.88. The van der Waals surface area contributed by atoms with Crippen LogP contribution >= 0.6 is 11.3 Å². The summed E-state index contributed by atoms with van der Waals surface area (Å²) in [4.78, 5) is 33.0. The molecule has 0 spiro atoms. The summed E-state index contributed by atoms with van der Waals surface area (Å²) in [5, 5.41) is 25.3. The smallest absolute Gasteiger partial charge is 0.294 e. The maximum Gasteiger partial charge on any atom is 0.294 e. The predicted molar refractivity (Wildman–Crippen MR) is 138 cm³/mol. The molecule has 3 N–H and O–H groups in total. The van der Waals surface area contributed by atoms with E-state index in [0.717, 1.165) is 35.4 Å². The molecule has 4 aromatic rings. The Labute approximate surface area is 212 Å². The highest BCUT2D eigenvalue weighted by Crippen LogP contribution is 2.27. The second kappa shape index (κ2) is 10.1. The highest BCUT2D eigenvalue weighted by atomic mass is 32.1. The van der Waals surface area contributed by atoms with E-state index in [1.165, 1.54) is 11.3 Å². The van der Waals surface area contributed by atoms with Crippen LogP contribution in [0.15, 0.2) is 42.0 Å². The summed E-state index contributed by atoms with van der Waals surface area (Å²) < 4.78 is 1.62. The summed E-state index contributed by atoms with van der Waals surface area (Å²) in [7, 11) is 2.04. The van der Waals surface area contributed by atoms with Gasteiger partial charge in [0.15, 0.2) is 5.65 Å². The van der Waals surface area contributed by atoms with Crippen LogP contribution in [-0.2, 0) is 11.4 Å². The molecule has 1 saturated heterocycles. The molecule has 2 amide bonds. The van der Waals surface area contributed by atoms with Crippen molar-refractivity contribution in [1.29, 1.82) is 0 Å². The van der Waals surface area contributed by atoms with E-state index < -0.39 is 5.91 Å². The van der Waals surface area contributed by atoms with Gasteiger partial charge in [0, 0.05) is 23.5 Å². The highest BCUT2D eigenvalue weighted by Gasteiger charge is 2.23. The van der Waals surface area contributed by atoms with E-state index in [1.54, 1.807) is 29.8 Å². The summed E-state index contributed by atoms with van der Waals surface area (Å²) in [5.74, 6) is -0.377. The van der Waals surface area contributed by atoms with E-state index in [0.29, 0.717) is 29.1 Å². The van der Waals surface area contributed by atoms with Crippen LogP contribution in [0.1, 0.15) is 40.5 Å². The average Bonchev–Trinajstić information content (AvgIpc) is 3.61. The number of carbonyl (C=O) groups excluding carboxylic acids is 2. The van der Waals surface area contributed by atoms with Crippen molar-refractivity contribution in [2.75, 3.05) is 24.2 Å². The lowest BCUT2D eigenvalue weighted by Crippen LogP contribution is -2.29. The van der Waals surface area contributed by atoms with E-state index in [1.807, 2.05) is 30.6 Å². The largest absolute Gasteiger partial charge is 0.391 e. The first-order chi connectivity index (χ1) is 17.4. The Bertz CT molecular complexity index is 1430.